The number of carbonyl (C=O) groups excluding carboxylic acids is 3. The minimum atomic E-state index is -0.578. The Kier molecular flexibility index (Phi) is 9.58. The number of nitrogens with one attached hydrogen (secondary N) is 1. The molecule has 1 unspecified atom stereocenters. The topological polar surface area (TPSA) is 84.9 Å². The summed E-state index contributed by atoms with van der Waals surface area (Å²) in [5, 5.41) is 3.24. The molecule has 33 heavy (non-hydrogen) atoms. The van der Waals surface area contributed by atoms with Crippen LogP contribution in [-0.2, 0) is 9.53 Å². The molecule has 0 radical (unpaired) electrons. The number of ether oxygens (including phenoxy) is 2. The van der Waals surface area contributed by atoms with Crippen molar-refractivity contribution in [3.8, 4) is 5.75 Å². The highest BCUT2D eigenvalue weighted by molar-refractivity contribution is 6.32. The normalized spacial score (nSPS) is 15.8. The monoisotopic (exact) mass is 480 g/mol. The lowest BCUT2D eigenvalue weighted by molar-refractivity contribution is -0.121. The highest BCUT2D eigenvalue weighted by atomic mass is 35.5. The predicted molar refractivity (Wildman–Crippen MR) is 129 cm³/mol. The van der Waals surface area contributed by atoms with Crippen LogP contribution in [0.15, 0.2) is 18.2 Å². The molecule has 8 heteroatoms. The largest absolute Gasteiger partial charge is 0.489 e. The molecule has 0 aromatic heterocycles. The number of likely N-dealkylation sites (tertiary alicyclic amines) is 1. The lowest BCUT2D eigenvalue weighted by atomic mass is 9.88. The van der Waals surface area contributed by atoms with E-state index in [1.165, 1.54) is 0 Å². The van der Waals surface area contributed by atoms with Crippen molar-refractivity contribution in [1.29, 1.82) is 0 Å². The van der Waals surface area contributed by atoms with Crippen LogP contribution in [0.25, 0.3) is 0 Å². The van der Waals surface area contributed by atoms with Crippen LogP contribution in [0.5, 0.6) is 5.75 Å². The van der Waals surface area contributed by atoms with E-state index in [4.69, 9.17) is 21.1 Å². The van der Waals surface area contributed by atoms with E-state index in [1.54, 1.807) is 30.0 Å². The lowest BCUT2D eigenvalue weighted by Gasteiger charge is -2.34. The molecule has 7 nitrogen and oxygen atoms in total. The van der Waals surface area contributed by atoms with Gasteiger partial charge in [-0.3, -0.25) is 9.59 Å². The number of benzene rings is 1. The van der Waals surface area contributed by atoms with Gasteiger partial charge in [-0.1, -0.05) is 18.5 Å². The van der Waals surface area contributed by atoms with Crippen molar-refractivity contribution in [3.05, 3.63) is 28.8 Å². The van der Waals surface area contributed by atoms with E-state index in [0.717, 1.165) is 12.8 Å². The van der Waals surface area contributed by atoms with Crippen LogP contribution >= 0.6 is 11.6 Å². The van der Waals surface area contributed by atoms with Crippen LogP contribution in [0.3, 0.4) is 0 Å². The van der Waals surface area contributed by atoms with Crippen molar-refractivity contribution in [2.45, 2.75) is 85.0 Å². The van der Waals surface area contributed by atoms with Crippen LogP contribution in [0.4, 0.5) is 4.79 Å². The molecule has 0 spiro atoms. The van der Waals surface area contributed by atoms with Crippen molar-refractivity contribution >= 4 is 29.4 Å². The number of rotatable bonds is 8. The number of nitrogens with zero attached hydrogens (tertiary/aromatic N) is 1. The number of Topliss-reactive ketones (excluding diaryl/α,β-unsaturated/α-hetero) is 1. The van der Waals surface area contributed by atoms with Gasteiger partial charge in [-0.25, -0.2) is 4.79 Å². The zero-order chi connectivity index (χ0) is 24.8. The molecule has 0 saturated carbocycles. The second-order valence-corrected chi connectivity index (χ2v) is 10.2. The summed E-state index contributed by atoms with van der Waals surface area (Å²) < 4.78 is 11.1. The van der Waals surface area contributed by atoms with Crippen LogP contribution in [-0.4, -0.2) is 53.5 Å². The van der Waals surface area contributed by atoms with Crippen molar-refractivity contribution in [3.63, 3.8) is 0 Å². The summed E-state index contributed by atoms with van der Waals surface area (Å²) in [6.07, 6.45) is 2.06. The van der Waals surface area contributed by atoms with E-state index in [2.05, 4.69) is 5.32 Å². The molecular weight excluding hydrogens is 444 g/mol. The Balaban J connectivity index is 1.98. The lowest BCUT2D eigenvalue weighted by Crippen LogP contribution is -2.45. The molecule has 184 valence electrons. The zero-order valence-corrected chi connectivity index (χ0v) is 21.3. The fourth-order valence-electron chi connectivity index (χ4n) is 3.76. The minimum absolute atomic E-state index is 0.0104. The van der Waals surface area contributed by atoms with Gasteiger partial charge in [0, 0.05) is 25.1 Å². The molecule has 1 atom stereocenters. The quantitative estimate of drug-likeness (QED) is 0.549. The number of piperidine rings is 1. The highest BCUT2D eigenvalue weighted by Crippen LogP contribution is 2.27. The van der Waals surface area contributed by atoms with Crippen molar-refractivity contribution < 1.29 is 23.9 Å². The van der Waals surface area contributed by atoms with Gasteiger partial charge in [0.15, 0.2) is 5.78 Å². The van der Waals surface area contributed by atoms with E-state index in [-0.39, 0.29) is 29.8 Å². The minimum Gasteiger partial charge on any atom is -0.489 e. The van der Waals surface area contributed by atoms with E-state index in [9.17, 15) is 14.4 Å². The third-order valence-corrected chi connectivity index (χ3v) is 5.73. The fourth-order valence-corrected chi connectivity index (χ4v) is 3.99. The number of hydrogen-bond donors (Lipinski definition) is 1. The molecule has 1 N–H and O–H groups in total. The Hall–Kier alpha value is -2.28. The maximum Gasteiger partial charge on any atom is 0.410 e. The summed E-state index contributed by atoms with van der Waals surface area (Å²) in [7, 11) is 0. The molecule has 1 heterocycles. The third-order valence-electron chi connectivity index (χ3n) is 5.43. The van der Waals surface area contributed by atoms with Crippen LogP contribution in [0.2, 0.25) is 5.02 Å². The molecule has 1 aliphatic heterocycles. The summed E-state index contributed by atoms with van der Waals surface area (Å²) in [6, 6.07) is 4.29. The van der Waals surface area contributed by atoms with Crippen LogP contribution in [0, 0.1) is 5.92 Å². The average molecular weight is 481 g/mol. The van der Waals surface area contributed by atoms with Gasteiger partial charge in [0.1, 0.15) is 11.4 Å². The fraction of sp³-hybridized carbons (Fsp3) is 0.640. The molecule has 0 aliphatic carbocycles. The number of hydrogen-bond acceptors (Lipinski definition) is 5. The summed E-state index contributed by atoms with van der Waals surface area (Å²) in [4.78, 5) is 39.4. The summed E-state index contributed by atoms with van der Waals surface area (Å²) >= 11 is 6.26. The van der Waals surface area contributed by atoms with Gasteiger partial charge in [0.05, 0.1) is 17.2 Å². The van der Waals surface area contributed by atoms with Crippen molar-refractivity contribution in [1.82, 2.24) is 10.2 Å². The molecular formula is C25H37ClN2O5. The Morgan fingerprint density at radius 2 is 1.82 bits per heavy atom. The predicted octanol–water partition coefficient (Wildman–Crippen LogP) is 5.24. The van der Waals surface area contributed by atoms with Gasteiger partial charge in [-0.05, 0) is 78.0 Å². The first-order valence-electron chi connectivity index (χ1n) is 11.7. The number of halogens is 1. The van der Waals surface area contributed by atoms with Crippen LogP contribution in [0.1, 0.15) is 77.6 Å². The number of ketones is 1. The smallest absolute Gasteiger partial charge is 0.410 e. The van der Waals surface area contributed by atoms with Gasteiger partial charge in [-0.15, -0.1) is 0 Å². The number of carbonyl (C=O) groups is 3. The average Bonchev–Trinajstić information content (AvgIpc) is 2.73. The number of amides is 2. The van der Waals surface area contributed by atoms with Crippen molar-refractivity contribution in [2.75, 3.05) is 13.1 Å². The molecule has 1 aliphatic rings. The summed E-state index contributed by atoms with van der Waals surface area (Å²) in [5.74, 6) is 0.394. The van der Waals surface area contributed by atoms with E-state index in [1.807, 2.05) is 34.6 Å². The molecule has 1 saturated heterocycles. The standard InChI is InChI=1S/C25H37ClN2O5/c1-7-21(29)20(14-17-10-12-28(13-11-17)24(31)33-25(4,5)6)27-23(30)18-8-9-22(19(26)15-18)32-16(2)3/h8-9,15-17,20H,7,10-14H2,1-6H3,(H,27,30). The van der Waals surface area contributed by atoms with Gasteiger partial charge in [0.2, 0.25) is 0 Å². The Morgan fingerprint density at radius 1 is 1.18 bits per heavy atom. The molecule has 0 bridgehead atoms. The van der Waals surface area contributed by atoms with Crippen molar-refractivity contribution in [2.24, 2.45) is 5.92 Å². The Bertz CT molecular complexity index is 842. The maximum absolute atomic E-state index is 12.8. The van der Waals surface area contributed by atoms with Gasteiger partial charge in [0.25, 0.3) is 5.91 Å². The molecule has 2 rings (SSSR count). The molecule has 1 aromatic rings. The second-order valence-electron chi connectivity index (χ2n) is 9.80. The van der Waals surface area contributed by atoms with E-state index in [0.29, 0.717) is 42.3 Å². The zero-order valence-electron chi connectivity index (χ0n) is 20.6. The molecule has 1 fully saturated rings. The van der Waals surface area contributed by atoms with E-state index < -0.39 is 11.6 Å². The highest BCUT2D eigenvalue weighted by Gasteiger charge is 2.30. The van der Waals surface area contributed by atoms with E-state index >= 15 is 0 Å². The van der Waals surface area contributed by atoms with Crippen LogP contribution < -0.4 is 10.1 Å². The summed E-state index contributed by atoms with van der Waals surface area (Å²) in [6.45, 7) is 12.3. The second kappa shape index (κ2) is 11.7. The maximum atomic E-state index is 12.8. The molecule has 1 aromatic carbocycles. The Labute approximate surface area is 202 Å². The SMILES string of the molecule is CCC(=O)C(CC1CCN(C(=O)OC(C)(C)C)CC1)NC(=O)c1ccc(OC(C)C)c(Cl)c1. The first-order chi connectivity index (χ1) is 15.4. The van der Waals surface area contributed by atoms with Gasteiger partial charge < -0.3 is 19.7 Å². The Morgan fingerprint density at radius 3 is 2.33 bits per heavy atom. The van der Waals surface area contributed by atoms with Gasteiger partial charge in [-0.2, -0.15) is 0 Å². The third kappa shape index (κ3) is 8.54. The first-order valence-corrected chi connectivity index (χ1v) is 12.0. The molecule has 2 amide bonds. The summed E-state index contributed by atoms with van der Waals surface area (Å²) in [5.41, 5.74) is -0.150. The first kappa shape index (κ1) is 27.0. The van der Waals surface area contributed by atoms with Gasteiger partial charge >= 0.3 is 6.09 Å².